The Morgan fingerprint density at radius 2 is 2.00 bits per heavy atom. The summed E-state index contributed by atoms with van der Waals surface area (Å²) in [7, 11) is 0. The predicted octanol–water partition coefficient (Wildman–Crippen LogP) is 3.32. The minimum atomic E-state index is 0.190. The van der Waals surface area contributed by atoms with Crippen LogP contribution in [0.3, 0.4) is 0 Å². The molecule has 0 aliphatic heterocycles. The predicted molar refractivity (Wildman–Crippen MR) is 68.3 cm³/mol. The number of benzene rings is 1. The lowest BCUT2D eigenvalue weighted by atomic mass is 9.80. The molecule has 1 fully saturated rings. The first-order valence-electron chi connectivity index (χ1n) is 5.65. The molecule has 15 heavy (non-hydrogen) atoms. The number of hydrogen-bond donors (Lipinski definition) is 1. The highest BCUT2D eigenvalue weighted by Gasteiger charge is 2.19. The lowest BCUT2D eigenvalue weighted by Gasteiger charge is -2.26. The lowest BCUT2D eigenvalue weighted by Crippen LogP contribution is -2.13. The summed E-state index contributed by atoms with van der Waals surface area (Å²) >= 11 is 1.81. The van der Waals surface area contributed by atoms with Gasteiger partial charge in [-0.1, -0.05) is 30.7 Å². The third kappa shape index (κ3) is 2.56. The standard InChI is InChI=1S/C13H19NS/c1-15-9-13(14)12-7-5-11(6-8-12)10-3-2-4-10/h5-8,10,13H,2-4,9,14H2,1H3. The minimum Gasteiger partial charge on any atom is -0.323 e. The van der Waals surface area contributed by atoms with Gasteiger partial charge >= 0.3 is 0 Å². The number of nitrogens with two attached hydrogens (primary N) is 1. The Bertz CT molecular complexity index is 303. The molecule has 0 amide bonds. The third-order valence-electron chi connectivity index (χ3n) is 3.29. The van der Waals surface area contributed by atoms with Crippen molar-refractivity contribution in [2.75, 3.05) is 12.0 Å². The summed E-state index contributed by atoms with van der Waals surface area (Å²) < 4.78 is 0. The highest BCUT2D eigenvalue weighted by atomic mass is 32.2. The Morgan fingerprint density at radius 3 is 2.47 bits per heavy atom. The summed E-state index contributed by atoms with van der Waals surface area (Å²) in [4.78, 5) is 0. The van der Waals surface area contributed by atoms with Gasteiger partial charge in [0.1, 0.15) is 0 Å². The molecular weight excluding hydrogens is 202 g/mol. The van der Waals surface area contributed by atoms with Crippen LogP contribution in [0.4, 0.5) is 0 Å². The maximum absolute atomic E-state index is 6.06. The van der Waals surface area contributed by atoms with Crippen molar-refractivity contribution in [3.63, 3.8) is 0 Å². The molecule has 1 nitrogen and oxygen atoms in total. The van der Waals surface area contributed by atoms with Crippen molar-refractivity contribution in [1.29, 1.82) is 0 Å². The highest BCUT2D eigenvalue weighted by Crippen LogP contribution is 2.36. The van der Waals surface area contributed by atoms with E-state index in [0.29, 0.717) is 0 Å². The van der Waals surface area contributed by atoms with Crippen molar-refractivity contribution in [3.8, 4) is 0 Å². The van der Waals surface area contributed by atoms with Crippen LogP contribution in [0.2, 0.25) is 0 Å². The van der Waals surface area contributed by atoms with Gasteiger partial charge in [-0.15, -0.1) is 0 Å². The zero-order chi connectivity index (χ0) is 10.7. The Labute approximate surface area is 96.4 Å². The topological polar surface area (TPSA) is 26.0 Å². The van der Waals surface area contributed by atoms with Gasteiger partial charge in [0, 0.05) is 11.8 Å². The SMILES string of the molecule is CSCC(N)c1ccc(C2CCC2)cc1. The summed E-state index contributed by atoms with van der Waals surface area (Å²) in [6.07, 6.45) is 6.24. The molecule has 2 N–H and O–H groups in total. The van der Waals surface area contributed by atoms with E-state index >= 15 is 0 Å². The lowest BCUT2D eigenvalue weighted by molar-refractivity contribution is 0.419. The number of thioether (sulfide) groups is 1. The maximum atomic E-state index is 6.06. The molecule has 0 spiro atoms. The van der Waals surface area contributed by atoms with Gasteiger partial charge in [-0.3, -0.25) is 0 Å². The summed E-state index contributed by atoms with van der Waals surface area (Å²) in [5.41, 5.74) is 8.83. The van der Waals surface area contributed by atoms with E-state index in [1.165, 1.54) is 30.4 Å². The molecule has 0 aromatic heterocycles. The largest absolute Gasteiger partial charge is 0.323 e. The van der Waals surface area contributed by atoms with Crippen LogP contribution in [0.15, 0.2) is 24.3 Å². The smallest absolute Gasteiger partial charge is 0.0386 e. The molecule has 0 radical (unpaired) electrons. The second-order valence-corrected chi connectivity index (χ2v) is 5.27. The quantitative estimate of drug-likeness (QED) is 0.844. The minimum absolute atomic E-state index is 0.190. The molecule has 2 heteroatoms. The Morgan fingerprint density at radius 1 is 1.33 bits per heavy atom. The van der Waals surface area contributed by atoms with Crippen molar-refractivity contribution in [2.24, 2.45) is 5.73 Å². The second kappa shape index (κ2) is 5.04. The van der Waals surface area contributed by atoms with E-state index in [9.17, 15) is 0 Å². The summed E-state index contributed by atoms with van der Waals surface area (Å²) in [6.45, 7) is 0. The fourth-order valence-electron chi connectivity index (χ4n) is 2.03. The van der Waals surface area contributed by atoms with Crippen molar-refractivity contribution in [3.05, 3.63) is 35.4 Å². The molecular formula is C13H19NS. The van der Waals surface area contributed by atoms with E-state index in [1.807, 2.05) is 0 Å². The van der Waals surface area contributed by atoms with Crippen LogP contribution < -0.4 is 5.73 Å². The van der Waals surface area contributed by atoms with Crippen molar-refractivity contribution in [2.45, 2.75) is 31.2 Å². The zero-order valence-electron chi connectivity index (χ0n) is 9.28. The van der Waals surface area contributed by atoms with Gasteiger partial charge in [0.15, 0.2) is 0 Å². The van der Waals surface area contributed by atoms with E-state index in [4.69, 9.17) is 5.73 Å². The van der Waals surface area contributed by atoms with Crippen molar-refractivity contribution >= 4 is 11.8 Å². The number of rotatable bonds is 4. The maximum Gasteiger partial charge on any atom is 0.0386 e. The Balaban J connectivity index is 2.02. The Hall–Kier alpha value is -0.470. The molecule has 1 aromatic carbocycles. The molecule has 0 heterocycles. The van der Waals surface area contributed by atoms with E-state index in [-0.39, 0.29) is 6.04 Å². The summed E-state index contributed by atoms with van der Waals surface area (Å²) in [5, 5.41) is 0. The Kier molecular flexibility index (Phi) is 3.71. The van der Waals surface area contributed by atoms with Gasteiger partial charge in [-0.05, 0) is 36.1 Å². The molecule has 2 rings (SSSR count). The number of hydrogen-bond acceptors (Lipinski definition) is 2. The molecule has 1 atom stereocenters. The molecule has 1 saturated carbocycles. The normalized spacial score (nSPS) is 18.5. The monoisotopic (exact) mass is 221 g/mol. The highest BCUT2D eigenvalue weighted by molar-refractivity contribution is 7.98. The van der Waals surface area contributed by atoms with Crippen LogP contribution in [-0.4, -0.2) is 12.0 Å². The fraction of sp³-hybridized carbons (Fsp3) is 0.538. The molecule has 0 bridgehead atoms. The van der Waals surface area contributed by atoms with Crippen LogP contribution >= 0.6 is 11.8 Å². The summed E-state index contributed by atoms with van der Waals surface area (Å²) in [6, 6.07) is 9.12. The average molecular weight is 221 g/mol. The van der Waals surface area contributed by atoms with Crippen LogP contribution in [0.1, 0.15) is 42.3 Å². The van der Waals surface area contributed by atoms with Gasteiger partial charge in [0.05, 0.1) is 0 Å². The molecule has 1 unspecified atom stereocenters. The van der Waals surface area contributed by atoms with Gasteiger partial charge in [-0.25, -0.2) is 0 Å². The third-order valence-corrected chi connectivity index (χ3v) is 3.98. The van der Waals surface area contributed by atoms with Gasteiger partial charge in [0.25, 0.3) is 0 Å². The van der Waals surface area contributed by atoms with Crippen LogP contribution in [0, 0.1) is 0 Å². The van der Waals surface area contributed by atoms with E-state index in [1.54, 1.807) is 11.8 Å². The zero-order valence-corrected chi connectivity index (χ0v) is 10.1. The first-order chi connectivity index (χ1) is 7.31. The fourth-order valence-corrected chi connectivity index (χ4v) is 2.58. The first kappa shape index (κ1) is 11.0. The van der Waals surface area contributed by atoms with Crippen molar-refractivity contribution in [1.82, 2.24) is 0 Å². The average Bonchev–Trinajstić information content (AvgIpc) is 2.16. The van der Waals surface area contributed by atoms with Crippen LogP contribution in [0.25, 0.3) is 0 Å². The molecule has 82 valence electrons. The van der Waals surface area contributed by atoms with E-state index in [2.05, 4.69) is 30.5 Å². The molecule has 1 aliphatic rings. The second-order valence-electron chi connectivity index (χ2n) is 4.36. The van der Waals surface area contributed by atoms with Gasteiger partial charge < -0.3 is 5.73 Å². The first-order valence-corrected chi connectivity index (χ1v) is 7.05. The van der Waals surface area contributed by atoms with Crippen LogP contribution in [0.5, 0.6) is 0 Å². The van der Waals surface area contributed by atoms with Crippen molar-refractivity contribution < 1.29 is 0 Å². The molecule has 0 saturated heterocycles. The molecule has 1 aromatic rings. The van der Waals surface area contributed by atoms with E-state index < -0.39 is 0 Å². The summed E-state index contributed by atoms with van der Waals surface area (Å²) in [5.74, 6) is 1.83. The van der Waals surface area contributed by atoms with Crippen LogP contribution in [-0.2, 0) is 0 Å². The van der Waals surface area contributed by atoms with Gasteiger partial charge in [-0.2, -0.15) is 11.8 Å². The molecule has 1 aliphatic carbocycles. The van der Waals surface area contributed by atoms with E-state index in [0.717, 1.165) is 11.7 Å². The van der Waals surface area contributed by atoms with Gasteiger partial charge in [0.2, 0.25) is 0 Å².